The summed E-state index contributed by atoms with van der Waals surface area (Å²) in [5.74, 6) is -1.90. The number of aromatic nitrogens is 2. The van der Waals surface area contributed by atoms with Crippen molar-refractivity contribution in [3.63, 3.8) is 0 Å². The van der Waals surface area contributed by atoms with Gasteiger partial charge < -0.3 is 15.2 Å². The number of anilines is 1. The number of benzene rings is 1. The van der Waals surface area contributed by atoms with Gasteiger partial charge in [-0.25, -0.2) is 14.8 Å². The Morgan fingerprint density at radius 3 is 2.71 bits per heavy atom. The van der Waals surface area contributed by atoms with Crippen LogP contribution < -0.4 is 5.32 Å². The van der Waals surface area contributed by atoms with Gasteiger partial charge in [0.2, 0.25) is 5.82 Å². The Morgan fingerprint density at radius 2 is 2.08 bits per heavy atom. The molecule has 24 heavy (non-hydrogen) atoms. The zero-order valence-corrected chi connectivity index (χ0v) is 12.9. The number of esters is 1. The fraction of sp³-hybridized carbons (Fsp3) is 0.400. The zero-order valence-electron chi connectivity index (χ0n) is 12.9. The number of carbonyl (C=O) groups is 1. The minimum atomic E-state index is -4.69. The molecule has 0 radical (unpaired) electrons. The number of rotatable bonds is 6. The predicted octanol–water partition coefficient (Wildman–Crippen LogP) is 2.62. The van der Waals surface area contributed by atoms with Crippen LogP contribution in [0.4, 0.5) is 19.0 Å². The summed E-state index contributed by atoms with van der Waals surface area (Å²) in [4.78, 5) is 18.8. The van der Waals surface area contributed by atoms with Gasteiger partial charge in [-0.3, -0.25) is 0 Å². The summed E-state index contributed by atoms with van der Waals surface area (Å²) in [7, 11) is 0. The maximum atomic E-state index is 12.9. The molecule has 1 aromatic heterocycles. The summed E-state index contributed by atoms with van der Waals surface area (Å²) >= 11 is 0. The van der Waals surface area contributed by atoms with Gasteiger partial charge in [-0.2, -0.15) is 13.2 Å². The molecular formula is C15H16F3N3O3. The first-order valence-electron chi connectivity index (χ1n) is 7.27. The summed E-state index contributed by atoms with van der Waals surface area (Å²) in [5.41, 5.74) is 0.245. The molecule has 0 saturated heterocycles. The molecule has 0 aliphatic rings. The number of hydrogen-bond donors (Lipinski definition) is 2. The summed E-state index contributed by atoms with van der Waals surface area (Å²) in [5, 5.41) is 11.8. The van der Waals surface area contributed by atoms with Crippen LogP contribution in [-0.4, -0.2) is 40.8 Å². The molecule has 0 bridgehead atoms. The fourth-order valence-electron chi connectivity index (χ4n) is 2.02. The van der Waals surface area contributed by atoms with Gasteiger partial charge in [0.05, 0.1) is 17.7 Å². The topological polar surface area (TPSA) is 84.3 Å². The highest BCUT2D eigenvalue weighted by Gasteiger charge is 2.35. The van der Waals surface area contributed by atoms with Crippen molar-refractivity contribution in [2.75, 3.05) is 25.1 Å². The number of halogens is 3. The van der Waals surface area contributed by atoms with Crippen molar-refractivity contribution in [2.24, 2.45) is 0 Å². The Balaban J connectivity index is 2.52. The molecule has 6 nitrogen and oxygen atoms in total. The third kappa shape index (κ3) is 4.10. The van der Waals surface area contributed by atoms with E-state index in [9.17, 15) is 18.0 Å². The van der Waals surface area contributed by atoms with Gasteiger partial charge in [-0.1, -0.05) is 0 Å². The van der Waals surface area contributed by atoms with Crippen LogP contribution >= 0.6 is 0 Å². The molecule has 9 heteroatoms. The minimum Gasteiger partial charge on any atom is -0.462 e. The van der Waals surface area contributed by atoms with E-state index in [4.69, 9.17) is 9.84 Å². The molecule has 0 amide bonds. The number of aliphatic hydroxyl groups excluding tert-OH is 1. The Bertz CT molecular complexity index is 735. The Morgan fingerprint density at radius 1 is 1.33 bits per heavy atom. The standard InChI is InChI=1S/C15H16F3N3O3/c1-2-24-13(23)9-4-5-11-10(8-9)12(19-6-3-7-22)21-14(20-11)15(16,17)18/h4-5,8,22H,2-3,6-7H2,1H3,(H,19,20,21). The van der Waals surface area contributed by atoms with E-state index >= 15 is 0 Å². The maximum Gasteiger partial charge on any atom is 0.451 e. The highest BCUT2D eigenvalue weighted by atomic mass is 19.4. The Kier molecular flexibility index (Phi) is 5.55. The lowest BCUT2D eigenvalue weighted by atomic mass is 10.1. The van der Waals surface area contributed by atoms with Crippen LogP contribution in [-0.2, 0) is 10.9 Å². The monoisotopic (exact) mass is 343 g/mol. The summed E-state index contributed by atoms with van der Waals surface area (Å²) in [6.45, 7) is 1.95. The van der Waals surface area contributed by atoms with Crippen molar-refractivity contribution < 1.29 is 27.8 Å². The van der Waals surface area contributed by atoms with E-state index in [1.54, 1.807) is 6.92 Å². The molecule has 2 N–H and O–H groups in total. The van der Waals surface area contributed by atoms with Gasteiger partial charge in [0, 0.05) is 18.5 Å². The summed E-state index contributed by atoms with van der Waals surface area (Å²) < 4.78 is 43.7. The second-order valence-corrected chi connectivity index (χ2v) is 4.85. The normalized spacial score (nSPS) is 11.5. The van der Waals surface area contributed by atoms with Crippen LogP contribution in [0, 0.1) is 0 Å². The molecule has 0 atom stereocenters. The number of nitrogens with one attached hydrogen (secondary N) is 1. The molecule has 2 rings (SSSR count). The first kappa shape index (κ1) is 17.9. The molecule has 2 aromatic rings. The summed E-state index contributed by atoms with van der Waals surface area (Å²) in [6, 6.07) is 4.05. The predicted molar refractivity (Wildman–Crippen MR) is 80.7 cm³/mol. The zero-order chi connectivity index (χ0) is 17.7. The second-order valence-electron chi connectivity index (χ2n) is 4.85. The van der Waals surface area contributed by atoms with Crippen molar-refractivity contribution in [1.29, 1.82) is 0 Å². The third-order valence-corrected chi connectivity index (χ3v) is 3.09. The average molecular weight is 343 g/mol. The number of hydrogen-bond acceptors (Lipinski definition) is 6. The highest BCUT2D eigenvalue weighted by Crippen LogP contribution is 2.30. The molecule has 0 saturated carbocycles. The largest absolute Gasteiger partial charge is 0.462 e. The Labute approximate surface area is 135 Å². The van der Waals surface area contributed by atoms with E-state index in [0.29, 0.717) is 6.42 Å². The maximum absolute atomic E-state index is 12.9. The quantitative estimate of drug-likeness (QED) is 0.620. The number of aliphatic hydroxyl groups is 1. The second kappa shape index (κ2) is 7.43. The van der Waals surface area contributed by atoms with Gasteiger partial charge in [0.25, 0.3) is 0 Å². The van der Waals surface area contributed by atoms with Gasteiger partial charge >= 0.3 is 12.1 Å². The van der Waals surface area contributed by atoms with Gasteiger partial charge in [0.15, 0.2) is 0 Å². The lowest BCUT2D eigenvalue weighted by Crippen LogP contribution is -2.15. The number of nitrogens with zero attached hydrogens (tertiary/aromatic N) is 2. The molecule has 0 fully saturated rings. The van der Waals surface area contributed by atoms with Crippen LogP contribution in [0.15, 0.2) is 18.2 Å². The van der Waals surface area contributed by atoms with Crippen molar-refractivity contribution in [1.82, 2.24) is 9.97 Å². The van der Waals surface area contributed by atoms with Gasteiger partial charge in [-0.05, 0) is 31.5 Å². The van der Waals surface area contributed by atoms with E-state index in [-0.39, 0.29) is 42.0 Å². The SMILES string of the molecule is CCOC(=O)c1ccc2nc(C(F)(F)F)nc(NCCCO)c2c1. The lowest BCUT2D eigenvalue weighted by Gasteiger charge is -2.13. The van der Waals surface area contributed by atoms with E-state index < -0.39 is 18.0 Å². The first-order valence-corrected chi connectivity index (χ1v) is 7.27. The summed E-state index contributed by atoms with van der Waals surface area (Å²) in [6.07, 6.45) is -4.36. The number of carbonyl (C=O) groups excluding carboxylic acids is 1. The van der Waals surface area contributed by atoms with Crippen LogP contribution in [0.3, 0.4) is 0 Å². The molecule has 0 aliphatic carbocycles. The molecular weight excluding hydrogens is 327 g/mol. The molecule has 130 valence electrons. The van der Waals surface area contributed by atoms with E-state index in [1.807, 2.05) is 0 Å². The fourth-order valence-corrected chi connectivity index (χ4v) is 2.02. The van der Waals surface area contributed by atoms with Crippen LogP contribution in [0.25, 0.3) is 10.9 Å². The first-order chi connectivity index (χ1) is 11.4. The van der Waals surface area contributed by atoms with Crippen molar-refractivity contribution >= 4 is 22.7 Å². The molecule has 0 spiro atoms. The molecule has 1 aromatic carbocycles. The van der Waals surface area contributed by atoms with Gasteiger partial charge in [-0.15, -0.1) is 0 Å². The molecule has 0 aliphatic heterocycles. The van der Waals surface area contributed by atoms with Crippen LogP contribution in [0.5, 0.6) is 0 Å². The number of fused-ring (bicyclic) bond motifs is 1. The smallest absolute Gasteiger partial charge is 0.451 e. The van der Waals surface area contributed by atoms with E-state index in [1.165, 1.54) is 18.2 Å². The van der Waals surface area contributed by atoms with Crippen LogP contribution in [0.2, 0.25) is 0 Å². The van der Waals surface area contributed by atoms with Crippen molar-refractivity contribution in [3.8, 4) is 0 Å². The van der Waals surface area contributed by atoms with E-state index in [0.717, 1.165) is 0 Å². The number of ether oxygens (including phenoxy) is 1. The van der Waals surface area contributed by atoms with Gasteiger partial charge in [0.1, 0.15) is 5.82 Å². The highest BCUT2D eigenvalue weighted by molar-refractivity contribution is 5.97. The lowest BCUT2D eigenvalue weighted by molar-refractivity contribution is -0.144. The molecule has 1 heterocycles. The van der Waals surface area contributed by atoms with E-state index in [2.05, 4.69) is 15.3 Å². The average Bonchev–Trinajstić information content (AvgIpc) is 2.53. The van der Waals surface area contributed by atoms with Crippen LogP contribution in [0.1, 0.15) is 29.5 Å². The Hall–Kier alpha value is -2.42. The molecule has 0 unspecified atom stereocenters. The minimum absolute atomic E-state index is 0.0491. The third-order valence-electron chi connectivity index (χ3n) is 3.09. The number of alkyl halides is 3. The van der Waals surface area contributed by atoms with Crippen molar-refractivity contribution in [3.05, 3.63) is 29.6 Å². The van der Waals surface area contributed by atoms with Crippen molar-refractivity contribution in [2.45, 2.75) is 19.5 Å².